The molecule has 0 amide bonds. The highest BCUT2D eigenvalue weighted by Gasteiger charge is 2.31. The number of pyridine rings is 1. The van der Waals surface area contributed by atoms with Gasteiger partial charge in [-0.15, -0.1) is 0 Å². The maximum Gasteiger partial charge on any atom is 0.142 e. The molecule has 1 aromatic heterocycles. The Bertz CT molecular complexity index is 408. The molecule has 5 nitrogen and oxygen atoms in total. The third-order valence-electron chi connectivity index (χ3n) is 2.58. The van der Waals surface area contributed by atoms with Crippen LogP contribution in [0.4, 0.5) is 5.69 Å². The molecular formula is C11H13N3O2. The molecule has 5 heteroatoms. The number of nitrogens with one attached hydrogen (secondary N) is 1. The second-order valence-electron chi connectivity index (χ2n) is 3.92. The van der Waals surface area contributed by atoms with E-state index < -0.39 is 5.60 Å². The first-order chi connectivity index (χ1) is 7.72. The number of rotatable bonds is 3. The number of anilines is 1. The number of aromatic nitrogens is 1. The summed E-state index contributed by atoms with van der Waals surface area (Å²) in [6.07, 6.45) is 2.20. The van der Waals surface area contributed by atoms with Crippen molar-refractivity contribution in [1.29, 1.82) is 5.26 Å². The van der Waals surface area contributed by atoms with Gasteiger partial charge in [-0.1, -0.05) is 0 Å². The fourth-order valence-electron chi connectivity index (χ4n) is 1.60. The summed E-state index contributed by atoms with van der Waals surface area (Å²) in [7, 11) is 0. The molecular weight excluding hydrogens is 206 g/mol. The molecule has 0 saturated carbocycles. The Morgan fingerprint density at radius 3 is 3.25 bits per heavy atom. The van der Waals surface area contributed by atoms with Crippen LogP contribution in [0.3, 0.4) is 0 Å². The number of nitriles is 1. The van der Waals surface area contributed by atoms with Crippen LogP contribution < -0.4 is 5.32 Å². The Kier molecular flexibility index (Phi) is 3.04. The van der Waals surface area contributed by atoms with Crippen LogP contribution in [-0.4, -0.2) is 35.5 Å². The highest BCUT2D eigenvalue weighted by atomic mass is 16.5. The fourth-order valence-corrected chi connectivity index (χ4v) is 1.60. The summed E-state index contributed by atoms with van der Waals surface area (Å²) in [6, 6.07) is 5.38. The average molecular weight is 219 g/mol. The van der Waals surface area contributed by atoms with Crippen molar-refractivity contribution in [2.45, 2.75) is 12.0 Å². The zero-order valence-electron chi connectivity index (χ0n) is 8.81. The van der Waals surface area contributed by atoms with Crippen LogP contribution in [-0.2, 0) is 4.74 Å². The van der Waals surface area contributed by atoms with Gasteiger partial charge in [-0.25, -0.2) is 4.98 Å². The Hall–Kier alpha value is -1.64. The predicted octanol–water partition coefficient (Wildman–Crippen LogP) is 0.517. The number of aliphatic hydroxyl groups is 1. The van der Waals surface area contributed by atoms with Gasteiger partial charge >= 0.3 is 0 Å². The maximum absolute atomic E-state index is 10.0. The second-order valence-corrected chi connectivity index (χ2v) is 3.92. The molecule has 1 unspecified atom stereocenters. The third kappa shape index (κ3) is 2.48. The van der Waals surface area contributed by atoms with Crippen LogP contribution in [0.2, 0.25) is 0 Å². The predicted molar refractivity (Wildman–Crippen MR) is 57.8 cm³/mol. The quantitative estimate of drug-likeness (QED) is 0.774. The summed E-state index contributed by atoms with van der Waals surface area (Å²) in [5, 5.41) is 21.8. The van der Waals surface area contributed by atoms with Gasteiger partial charge in [-0.2, -0.15) is 5.26 Å². The van der Waals surface area contributed by atoms with Gasteiger partial charge < -0.3 is 15.2 Å². The summed E-state index contributed by atoms with van der Waals surface area (Å²) in [5.74, 6) is 0. The minimum Gasteiger partial charge on any atom is -0.386 e. The van der Waals surface area contributed by atoms with Crippen molar-refractivity contribution in [3.05, 3.63) is 24.0 Å². The Labute approximate surface area is 93.7 Å². The first kappa shape index (κ1) is 10.9. The van der Waals surface area contributed by atoms with Crippen LogP contribution in [0.5, 0.6) is 0 Å². The molecule has 1 fully saturated rings. The molecule has 0 aliphatic carbocycles. The summed E-state index contributed by atoms with van der Waals surface area (Å²) in [6.45, 7) is 1.37. The van der Waals surface area contributed by atoms with E-state index in [0.29, 0.717) is 31.9 Å². The maximum atomic E-state index is 10.0. The molecule has 0 spiro atoms. The van der Waals surface area contributed by atoms with Gasteiger partial charge in [0.15, 0.2) is 0 Å². The molecule has 2 heterocycles. The first-order valence-electron chi connectivity index (χ1n) is 5.12. The Morgan fingerprint density at radius 1 is 1.69 bits per heavy atom. The van der Waals surface area contributed by atoms with Crippen LogP contribution in [0.15, 0.2) is 18.3 Å². The van der Waals surface area contributed by atoms with E-state index >= 15 is 0 Å². The highest BCUT2D eigenvalue weighted by molar-refractivity contribution is 5.46. The summed E-state index contributed by atoms with van der Waals surface area (Å²) in [4.78, 5) is 3.87. The monoisotopic (exact) mass is 219 g/mol. The lowest BCUT2D eigenvalue weighted by atomic mass is 10.0. The number of hydrogen-bond acceptors (Lipinski definition) is 5. The van der Waals surface area contributed by atoms with Crippen molar-refractivity contribution >= 4 is 5.69 Å². The lowest BCUT2D eigenvalue weighted by molar-refractivity contribution is 0.0382. The van der Waals surface area contributed by atoms with Gasteiger partial charge in [0.1, 0.15) is 17.4 Å². The minimum atomic E-state index is -0.796. The van der Waals surface area contributed by atoms with Crippen LogP contribution in [0.25, 0.3) is 0 Å². The van der Waals surface area contributed by atoms with Crippen LogP contribution >= 0.6 is 0 Å². The lowest BCUT2D eigenvalue weighted by Gasteiger charge is -2.21. The van der Waals surface area contributed by atoms with Gasteiger partial charge in [0, 0.05) is 31.5 Å². The van der Waals surface area contributed by atoms with Crippen LogP contribution in [0, 0.1) is 11.3 Å². The van der Waals surface area contributed by atoms with Gasteiger partial charge in [-0.3, -0.25) is 0 Å². The van der Waals surface area contributed by atoms with Crippen molar-refractivity contribution in [2.24, 2.45) is 0 Å². The smallest absolute Gasteiger partial charge is 0.142 e. The minimum absolute atomic E-state index is 0.357. The zero-order valence-corrected chi connectivity index (χ0v) is 8.81. The van der Waals surface area contributed by atoms with E-state index in [0.717, 1.165) is 5.69 Å². The SMILES string of the molecule is N#Cc1cc(NCC2(O)CCOC2)ccn1. The van der Waals surface area contributed by atoms with Crippen molar-refractivity contribution in [1.82, 2.24) is 4.98 Å². The fraction of sp³-hybridized carbons (Fsp3) is 0.455. The van der Waals surface area contributed by atoms with Crippen molar-refractivity contribution in [3.63, 3.8) is 0 Å². The van der Waals surface area contributed by atoms with Crippen molar-refractivity contribution in [2.75, 3.05) is 25.1 Å². The Morgan fingerprint density at radius 2 is 2.56 bits per heavy atom. The third-order valence-corrected chi connectivity index (χ3v) is 2.58. The number of hydrogen-bond donors (Lipinski definition) is 2. The molecule has 2 N–H and O–H groups in total. The van der Waals surface area contributed by atoms with E-state index in [4.69, 9.17) is 10.00 Å². The number of ether oxygens (including phenoxy) is 1. The van der Waals surface area contributed by atoms with Gasteiger partial charge in [0.2, 0.25) is 0 Å². The summed E-state index contributed by atoms with van der Waals surface area (Å²) < 4.78 is 5.14. The van der Waals surface area contributed by atoms with E-state index in [9.17, 15) is 5.11 Å². The van der Waals surface area contributed by atoms with E-state index in [1.807, 2.05) is 6.07 Å². The van der Waals surface area contributed by atoms with Crippen LogP contribution in [0.1, 0.15) is 12.1 Å². The van der Waals surface area contributed by atoms with Crippen molar-refractivity contribution < 1.29 is 9.84 Å². The van der Waals surface area contributed by atoms with Gasteiger partial charge in [0.25, 0.3) is 0 Å². The molecule has 1 atom stereocenters. The Balaban J connectivity index is 1.96. The molecule has 1 aliphatic rings. The molecule has 0 aromatic carbocycles. The molecule has 0 bridgehead atoms. The molecule has 84 valence electrons. The second kappa shape index (κ2) is 4.47. The number of nitrogens with zero attached hydrogens (tertiary/aromatic N) is 2. The van der Waals surface area contributed by atoms with E-state index in [-0.39, 0.29) is 0 Å². The molecule has 2 rings (SSSR count). The highest BCUT2D eigenvalue weighted by Crippen LogP contribution is 2.19. The van der Waals surface area contributed by atoms with E-state index in [1.165, 1.54) is 0 Å². The van der Waals surface area contributed by atoms with E-state index in [1.54, 1.807) is 18.3 Å². The standard InChI is InChI=1S/C11H13N3O2/c12-6-10-5-9(1-3-13-10)14-7-11(15)2-4-16-8-11/h1,3,5,15H,2,4,7-8H2,(H,13,14). The largest absolute Gasteiger partial charge is 0.386 e. The van der Waals surface area contributed by atoms with Crippen molar-refractivity contribution in [3.8, 4) is 6.07 Å². The molecule has 1 aliphatic heterocycles. The molecule has 0 radical (unpaired) electrons. The zero-order chi connectivity index (χ0) is 11.4. The van der Waals surface area contributed by atoms with E-state index in [2.05, 4.69) is 10.3 Å². The average Bonchev–Trinajstić information content (AvgIpc) is 2.75. The first-order valence-corrected chi connectivity index (χ1v) is 5.12. The van der Waals surface area contributed by atoms with Gasteiger partial charge in [-0.05, 0) is 12.1 Å². The van der Waals surface area contributed by atoms with Gasteiger partial charge in [0.05, 0.1) is 6.61 Å². The summed E-state index contributed by atoms with van der Waals surface area (Å²) in [5.41, 5.74) is 0.349. The topological polar surface area (TPSA) is 78.2 Å². The lowest BCUT2D eigenvalue weighted by Crippen LogP contribution is -2.37. The summed E-state index contributed by atoms with van der Waals surface area (Å²) >= 11 is 0. The molecule has 16 heavy (non-hydrogen) atoms. The molecule has 1 saturated heterocycles. The normalized spacial score (nSPS) is 24.0. The molecule has 1 aromatic rings.